The van der Waals surface area contributed by atoms with Crippen molar-refractivity contribution in [3.63, 3.8) is 0 Å². The lowest BCUT2D eigenvalue weighted by Gasteiger charge is -2.21. The Hall–Kier alpha value is -1.94. The Balaban J connectivity index is 5.21. The summed E-state index contributed by atoms with van der Waals surface area (Å²) >= 11 is 0. The van der Waals surface area contributed by atoms with Gasteiger partial charge in [-0.25, -0.2) is 9.13 Å². The monoisotopic (exact) mass is 1480 g/mol. The minimum Gasteiger partial charge on any atom is -0.462 e. The molecule has 5 atom stereocenters. The lowest BCUT2D eigenvalue weighted by atomic mass is 10.0. The first-order valence-corrected chi connectivity index (χ1v) is 45.5. The van der Waals surface area contributed by atoms with Crippen molar-refractivity contribution in [2.45, 2.75) is 452 Å². The van der Waals surface area contributed by atoms with E-state index in [0.717, 1.165) is 102 Å². The van der Waals surface area contributed by atoms with Gasteiger partial charge in [0.25, 0.3) is 0 Å². The molecule has 0 aromatic carbocycles. The lowest BCUT2D eigenvalue weighted by Crippen LogP contribution is -2.30. The van der Waals surface area contributed by atoms with E-state index < -0.39 is 97.5 Å². The van der Waals surface area contributed by atoms with E-state index in [9.17, 15) is 43.2 Å². The van der Waals surface area contributed by atoms with E-state index in [4.69, 9.17) is 37.0 Å². The van der Waals surface area contributed by atoms with E-state index in [2.05, 4.69) is 41.5 Å². The summed E-state index contributed by atoms with van der Waals surface area (Å²) in [5, 5.41) is 10.6. The van der Waals surface area contributed by atoms with E-state index in [-0.39, 0.29) is 25.7 Å². The van der Waals surface area contributed by atoms with Crippen LogP contribution < -0.4 is 0 Å². The number of phosphoric acid groups is 2. The van der Waals surface area contributed by atoms with Gasteiger partial charge in [-0.05, 0) is 37.5 Å². The van der Waals surface area contributed by atoms with Gasteiger partial charge in [-0.3, -0.25) is 37.3 Å². The number of phosphoric ester groups is 2. The molecular formula is C82H160O17P2. The number of rotatable bonds is 81. The first kappa shape index (κ1) is 99.1. The van der Waals surface area contributed by atoms with Gasteiger partial charge >= 0.3 is 39.5 Å². The Morgan fingerprint density at radius 2 is 0.455 bits per heavy atom. The van der Waals surface area contributed by atoms with Gasteiger partial charge < -0.3 is 33.8 Å². The molecular weight excluding hydrogens is 1320 g/mol. The lowest BCUT2D eigenvalue weighted by molar-refractivity contribution is -0.161. The topological polar surface area (TPSA) is 237 Å². The number of hydrogen-bond donors (Lipinski definition) is 3. The molecule has 0 radical (unpaired) electrons. The minimum atomic E-state index is -4.96. The van der Waals surface area contributed by atoms with E-state index in [0.29, 0.717) is 25.7 Å². The average molecular weight is 1480 g/mol. The molecule has 0 fully saturated rings. The standard InChI is InChI=1S/C82H160O17P2/c1-7-9-11-13-15-17-19-21-22-23-24-25-26-27-28-29-30-36-42-48-54-60-66-81(86)98-77(70-93-80(85)65-59-53-47-41-35-32-31-33-38-44-50-56-62-74(3)4)72-96-100(88,89)94-68-76(83)69-95-101(90,91)97-73-78(99-82(87)67-61-55-49-43-37-39-45-51-57-63-75(5)6)71-92-79(84)64-58-52-46-40-34-20-18-16-14-12-10-8-2/h74-78,83H,7-73H2,1-6H3,(H,88,89)(H,90,91)/t76-,77-,78-/m1/s1. The van der Waals surface area contributed by atoms with E-state index >= 15 is 0 Å². The van der Waals surface area contributed by atoms with Crippen LogP contribution in [-0.2, 0) is 65.4 Å². The van der Waals surface area contributed by atoms with Gasteiger partial charge in [0.2, 0.25) is 0 Å². The number of aliphatic hydroxyl groups excluding tert-OH is 1. The van der Waals surface area contributed by atoms with Crippen LogP contribution in [0, 0.1) is 11.8 Å². The van der Waals surface area contributed by atoms with Gasteiger partial charge in [0.15, 0.2) is 12.2 Å². The van der Waals surface area contributed by atoms with Crippen LogP contribution in [-0.4, -0.2) is 96.7 Å². The van der Waals surface area contributed by atoms with E-state index in [1.807, 2.05) is 0 Å². The highest BCUT2D eigenvalue weighted by Gasteiger charge is 2.30. The number of unbranched alkanes of at least 4 members (excludes halogenated alkanes) is 51. The maximum Gasteiger partial charge on any atom is 0.472 e. The van der Waals surface area contributed by atoms with E-state index in [1.54, 1.807) is 0 Å². The maximum atomic E-state index is 13.1. The molecule has 0 aromatic rings. The highest BCUT2D eigenvalue weighted by Crippen LogP contribution is 2.45. The van der Waals surface area contributed by atoms with Crippen molar-refractivity contribution in [3.05, 3.63) is 0 Å². The second-order valence-electron chi connectivity index (χ2n) is 30.5. The molecule has 600 valence electrons. The summed E-state index contributed by atoms with van der Waals surface area (Å²) < 4.78 is 68.7. The van der Waals surface area contributed by atoms with Crippen LogP contribution >= 0.6 is 15.6 Å². The van der Waals surface area contributed by atoms with Gasteiger partial charge in [-0.1, -0.05) is 382 Å². The van der Waals surface area contributed by atoms with Gasteiger partial charge in [-0.15, -0.1) is 0 Å². The molecule has 19 heteroatoms. The first-order valence-electron chi connectivity index (χ1n) is 42.5. The number of hydrogen-bond acceptors (Lipinski definition) is 15. The third-order valence-electron chi connectivity index (χ3n) is 19.2. The molecule has 0 heterocycles. The zero-order chi connectivity index (χ0) is 74.2. The molecule has 0 aromatic heterocycles. The van der Waals surface area contributed by atoms with Crippen molar-refractivity contribution in [2.75, 3.05) is 39.6 Å². The molecule has 0 aliphatic carbocycles. The molecule has 0 aliphatic rings. The first-order chi connectivity index (χ1) is 48.9. The zero-order valence-electron chi connectivity index (χ0n) is 66.2. The van der Waals surface area contributed by atoms with Gasteiger partial charge in [0.1, 0.15) is 19.3 Å². The van der Waals surface area contributed by atoms with Crippen LogP contribution in [0.25, 0.3) is 0 Å². The molecule has 0 spiro atoms. The molecule has 2 unspecified atom stereocenters. The van der Waals surface area contributed by atoms with Crippen molar-refractivity contribution in [1.82, 2.24) is 0 Å². The van der Waals surface area contributed by atoms with Crippen molar-refractivity contribution in [3.8, 4) is 0 Å². The summed E-state index contributed by atoms with van der Waals surface area (Å²) in [5.41, 5.74) is 0. The van der Waals surface area contributed by atoms with Crippen LogP contribution in [0.5, 0.6) is 0 Å². The number of carbonyl (C=O) groups is 4. The molecule has 0 rings (SSSR count). The quantitative estimate of drug-likeness (QED) is 0.0222. The summed E-state index contributed by atoms with van der Waals surface area (Å²) in [6.45, 7) is 9.62. The Morgan fingerprint density at radius 3 is 0.673 bits per heavy atom. The highest BCUT2D eigenvalue weighted by molar-refractivity contribution is 7.47. The Labute approximate surface area is 619 Å². The van der Waals surface area contributed by atoms with Crippen molar-refractivity contribution in [1.29, 1.82) is 0 Å². The summed E-state index contributed by atoms with van der Waals surface area (Å²) in [6, 6.07) is 0. The zero-order valence-corrected chi connectivity index (χ0v) is 68.0. The molecule has 101 heavy (non-hydrogen) atoms. The van der Waals surface area contributed by atoms with Crippen LogP contribution in [0.15, 0.2) is 0 Å². The second-order valence-corrected chi connectivity index (χ2v) is 33.4. The smallest absolute Gasteiger partial charge is 0.462 e. The van der Waals surface area contributed by atoms with Crippen LogP contribution in [0.3, 0.4) is 0 Å². The molecule has 0 amide bonds. The fraction of sp³-hybridized carbons (Fsp3) is 0.951. The minimum absolute atomic E-state index is 0.106. The van der Waals surface area contributed by atoms with Gasteiger partial charge in [0.05, 0.1) is 26.4 Å². The fourth-order valence-corrected chi connectivity index (χ4v) is 14.3. The summed E-state index contributed by atoms with van der Waals surface area (Å²) in [6.07, 6.45) is 63.9. The molecule has 17 nitrogen and oxygen atoms in total. The second kappa shape index (κ2) is 73.6. The molecule has 0 saturated carbocycles. The Morgan fingerprint density at radius 1 is 0.267 bits per heavy atom. The summed E-state index contributed by atoms with van der Waals surface area (Å²) in [4.78, 5) is 73.0. The Kier molecular flexibility index (Phi) is 72.2. The number of ether oxygens (including phenoxy) is 4. The van der Waals surface area contributed by atoms with Crippen molar-refractivity contribution >= 4 is 39.5 Å². The largest absolute Gasteiger partial charge is 0.472 e. The molecule has 3 N–H and O–H groups in total. The predicted octanol–water partition coefficient (Wildman–Crippen LogP) is 24.7. The molecule has 0 bridgehead atoms. The van der Waals surface area contributed by atoms with E-state index in [1.165, 1.54) is 250 Å². The average Bonchev–Trinajstić information content (AvgIpc) is 1.02. The Bertz CT molecular complexity index is 1940. The molecule has 0 aliphatic heterocycles. The third-order valence-corrected chi connectivity index (χ3v) is 21.1. The fourth-order valence-electron chi connectivity index (χ4n) is 12.7. The number of aliphatic hydroxyl groups is 1. The van der Waals surface area contributed by atoms with Crippen molar-refractivity contribution < 1.29 is 80.2 Å². The summed E-state index contributed by atoms with van der Waals surface area (Å²) in [5.74, 6) is -0.590. The number of carbonyl (C=O) groups excluding carboxylic acids is 4. The van der Waals surface area contributed by atoms with Crippen LogP contribution in [0.1, 0.15) is 433 Å². The maximum absolute atomic E-state index is 13.1. The van der Waals surface area contributed by atoms with Crippen LogP contribution in [0.2, 0.25) is 0 Å². The van der Waals surface area contributed by atoms with Crippen LogP contribution in [0.4, 0.5) is 0 Å². The van der Waals surface area contributed by atoms with Crippen molar-refractivity contribution in [2.24, 2.45) is 11.8 Å². The third kappa shape index (κ3) is 76.1. The normalized spacial score (nSPS) is 13.9. The predicted molar refractivity (Wildman–Crippen MR) is 414 cm³/mol. The SMILES string of the molecule is CCCCCCCCCCCCCCCCCCCCCCCCC(=O)O[C@H](COC(=O)CCCCCCCCCCCCCCC(C)C)COP(=O)(O)OC[C@@H](O)COP(=O)(O)OC[C@@H](COC(=O)CCCCCCCCCCCCCC)OC(=O)CCCCCCCCCCCC(C)C. The summed E-state index contributed by atoms with van der Waals surface area (Å²) in [7, 11) is -9.92. The molecule has 0 saturated heterocycles. The van der Waals surface area contributed by atoms with Gasteiger partial charge in [-0.2, -0.15) is 0 Å². The highest BCUT2D eigenvalue weighted by atomic mass is 31.2. The number of esters is 4. The van der Waals surface area contributed by atoms with Gasteiger partial charge in [0, 0.05) is 25.7 Å².